The van der Waals surface area contributed by atoms with Crippen molar-refractivity contribution in [3.63, 3.8) is 0 Å². The molecule has 0 aromatic rings. The van der Waals surface area contributed by atoms with E-state index in [0.29, 0.717) is 0 Å². The summed E-state index contributed by atoms with van der Waals surface area (Å²) >= 11 is 0. The molecule has 7 heavy (non-hydrogen) atoms. The molecule has 0 N–H and O–H groups in total. The summed E-state index contributed by atoms with van der Waals surface area (Å²) in [5.41, 5.74) is 0.0797. The Morgan fingerprint density at radius 3 is 2.71 bits per heavy atom. The highest BCUT2D eigenvalue weighted by Gasteiger charge is 1.95. The molecule has 0 fully saturated rings. The Morgan fingerprint density at radius 1 is 2.00 bits per heavy atom. The zero-order valence-corrected chi connectivity index (χ0v) is 4.02. The molecular formula is C5H8O2. The first-order chi connectivity index (χ1) is 4.33. The van der Waals surface area contributed by atoms with Gasteiger partial charge in [-0.3, -0.25) is 0 Å². The summed E-state index contributed by atoms with van der Waals surface area (Å²) in [6.07, 6.45) is 0. The molecule has 0 unspecified atom stereocenters. The third kappa shape index (κ3) is 1.98. The Hall–Kier alpha value is -0.790. The van der Waals surface area contributed by atoms with E-state index in [9.17, 15) is 4.79 Å². The predicted octanol–water partition coefficient (Wildman–Crippen LogP) is 0.736. The number of esters is 1. The van der Waals surface area contributed by atoms with E-state index in [4.69, 9.17) is 4.11 Å². The molecule has 0 aromatic heterocycles. The zero-order chi connectivity index (χ0) is 8.36. The van der Waals surface area contributed by atoms with Crippen molar-refractivity contribution in [3.8, 4) is 0 Å². The highest BCUT2D eigenvalue weighted by molar-refractivity contribution is 5.86. The van der Waals surface area contributed by atoms with Crippen molar-refractivity contribution in [2.45, 2.75) is 6.92 Å². The van der Waals surface area contributed by atoms with E-state index < -0.39 is 13.0 Å². The van der Waals surface area contributed by atoms with E-state index in [1.807, 2.05) is 0 Å². The summed E-state index contributed by atoms with van der Waals surface area (Å²) in [6, 6.07) is 0. The smallest absolute Gasteiger partial charge is 0.332 e. The minimum absolute atomic E-state index is 0.0797. The van der Waals surface area contributed by atoms with Gasteiger partial charge in [0, 0.05) is 5.57 Å². The van der Waals surface area contributed by atoms with Crippen molar-refractivity contribution in [1.82, 2.24) is 0 Å². The van der Waals surface area contributed by atoms with E-state index in [2.05, 4.69) is 11.3 Å². The van der Waals surface area contributed by atoms with Crippen LogP contribution in [0, 0.1) is 0 Å². The van der Waals surface area contributed by atoms with Gasteiger partial charge in [-0.2, -0.15) is 0 Å². The summed E-state index contributed by atoms with van der Waals surface area (Å²) < 4.78 is 23.5. The second-order valence-electron chi connectivity index (χ2n) is 1.17. The van der Waals surface area contributed by atoms with Gasteiger partial charge in [-0.05, 0) is 6.92 Å². The number of carbonyl (C=O) groups excluding carboxylic acids is 1. The summed E-state index contributed by atoms with van der Waals surface area (Å²) in [5.74, 6) is -0.889. The number of carbonyl (C=O) groups is 1. The summed E-state index contributed by atoms with van der Waals surface area (Å²) in [7, 11) is -2.66. The van der Waals surface area contributed by atoms with Crippen molar-refractivity contribution < 1.29 is 13.6 Å². The first-order valence-corrected chi connectivity index (χ1v) is 1.72. The molecule has 2 heteroatoms. The number of hydrogen-bond donors (Lipinski definition) is 0. The minimum atomic E-state index is -2.66. The fraction of sp³-hybridized carbons (Fsp3) is 0.400. The molecule has 0 aliphatic carbocycles. The van der Waals surface area contributed by atoms with Gasteiger partial charge in [-0.1, -0.05) is 6.58 Å². The van der Waals surface area contributed by atoms with Gasteiger partial charge >= 0.3 is 5.97 Å². The fourth-order valence-corrected chi connectivity index (χ4v) is 0.0871. The number of ether oxygens (including phenoxy) is 1. The maximum atomic E-state index is 10.5. The topological polar surface area (TPSA) is 26.3 Å². The molecule has 0 aliphatic heterocycles. The van der Waals surface area contributed by atoms with E-state index in [0.717, 1.165) is 0 Å². The van der Waals surface area contributed by atoms with Crippen LogP contribution in [0.5, 0.6) is 0 Å². The zero-order valence-electron chi connectivity index (χ0n) is 7.02. The lowest BCUT2D eigenvalue weighted by molar-refractivity contribution is -0.135. The van der Waals surface area contributed by atoms with Gasteiger partial charge < -0.3 is 4.74 Å². The maximum absolute atomic E-state index is 10.5. The van der Waals surface area contributed by atoms with Gasteiger partial charge in [0.2, 0.25) is 0 Å². The highest BCUT2D eigenvalue weighted by atomic mass is 16.5. The lowest BCUT2D eigenvalue weighted by Crippen LogP contribution is -1.98. The lowest BCUT2D eigenvalue weighted by atomic mass is 10.4. The molecule has 40 valence electrons. The second-order valence-corrected chi connectivity index (χ2v) is 1.17. The van der Waals surface area contributed by atoms with E-state index in [-0.39, 0.29) is 5.57 Å². The molecule has 0 spiro atoms. The normalized spacial score (nSPS) is 15.9. The molecule has 0 aliphatic rings. The van der Waals surface area contributed by atoms with Crippen LogP contribution in [0.3, 0.4) is 0 Å². The van der Waals surface area contributed by atoms with Gasteiger partial charge in [-0.25, -0.2) is 4.79 Å². The van der Waals surface area contributed by atoms with Crippen LogP contribution >= 0.6 is 0 Å². The van der Waals surface area contributed by atoms with Gasteiger partial charge in [0.25, 0.3) is 0 Å². The molecule has 0 rings (SSSR count). The molecule has 0 saturated carbocycles. The van der Waals surface area contributed by atoms with Crippen LogP contribution < -0.4 is 0 Å². The first-order valence-electron chi connectivity index (χ1n) is 3.22. The lowest BCUT2D eigenvalue weighted by Gasteiger charge is -1.91. The van der Waals surface area contributed by atoms with Crippen LogP contribution in [0.15, 0.2) is 12.2 Å². The van der Waals surface area contributed by atoms with Crippen LogP contribution in [0.25, 0.3) is 0 Å². The molecule has 2 nitrogen and oxygen atoms in total. The molecule has 0 atom stereocenters. The Kier molecular flexibility index (Phi) is 0.855. The predicted molar refractivity (Wildman–Crippen MR) is 26.8 cm³/mol. The minimum Gasteiger partial charge on any atom is -0.466 e. The molecule has 0 saturated heterocycles. The molecular weight excluding hydrogens is 92.1 g/mol. The molecule has 0 bridgehead atoms. The van der Waals surface area contributed by atoms with Crippen molar-refractivity contribution in [3.05, 3.63) is 12.2 Å². The van der Waals surface area contributed by atoms with E-state index in [1.165, 1.54) is 6.92 Å². The van der Waals surface area contributed by atoms with Gasteiger partial charge in [-0.15, -0.1) is 0 Å². The molecule has 0 amide bonds. The number of hydrogen-bond acceptors (Lipinski definition) is 2. The Balaban J connectivity index is 3.93. The molecule has 0 heterocycles. The van der Waals surface area contributed by atoms with Gasteiger partial charge in [0.05, 0.1) is 11.2 Å². The monoisotopic (exact) mass is 103 g/mol. The largest absolute Gasteiger partial charge is 0.466 e. The SMILES string of the molecule is [2H]C([2H])([2H])OC(=O)C(=C)C. The van der Waals surface area contributed by atoms with E-state index in [1.54, 1.807) is 0 Å². The Bertz CT molecular complexity index is 159. The van der Waals surface area contributed by atoms with Gasteiger partial charge in [0.15, 0.2) is 0 Å². The summed E-state index contributed by atoms with van der Waals surface area (Å²) in [5, 5.41) is 0. The maximum Gasteiger partial charge on any atom is 0.332 e. The van der Waals surface area contributed by atoms with E-state index >= 15 is 0 Å². The van der Waals surface area contributed by atoms with Crippen LogP contribution in [0.1, 0.15) is 11.0 Å². The average Bonchev–Trinajstić information content (AvgIpc) is 1.60. The Morgan fingerprint density at radius 2 is 2.57 bits per heavy atom. The number of methoxy groups -OCH3 is 1. The summed E-state index contributed by atoms with van der Waals surface area (Å²) in [4.78, 5) is 10.5. The molecule has 0 radical (unpaired) electrons. The average molecular weight is 103 g/mol. The second kappa shape index (κ2) is 2.39. The third-order valence-corrected chi connectivity index (χ3v) is 0.441. The van der Waals surface area contributed by atoms with Gasteiger partial charge in [0.1, 0.15) is 0 Å². The van der Waals surface area contributed by atoms with Crippen LogP contribution in [0.2, 0.25) is 0 Å². The van der Waals surface area contributed by atoms with Crippen molar-refractivity contribution in [2.24, 2.45) is 0 Å². The quantitative estimate of drug-likeness (QED) is 0.361. The highest BCUT2D eigenvalue weighted by Crippen LogP contribution is 1.87. The van der Waals surface area contributed by atoms with Crippen molar-refractivity contribution in [1.29, 1.82) is 0 Å². The first kappa shape index (κ1) is 2.50. The van der Waals surface area contributed by atoms with Crippen LogP contribution in [-0.4, -0.2) is 13.0 Å². The summed E-state index contributed by atoms with van der Waals surface area (Å²) in [6.45, 7) is 4.60. The van der Waals surface area contributed by atoms with Crippen LogP contribution in [-0.2, 0) is 9.53 Å². The molecule has 0 aromatic carbocycles. The van der Waals surface area contributed by atoms with Crippen molar-refractivity contribution in [2.75, 3.05) is 7.04 Å². The number of rotatable bonds is 1. The third-order valence-electron chi connectivity index (χ3n) is 0.441. The van der Waals surface area contributed by atoms with Crippen molar-refractivity contribution >= 4 is 5.97 Å². The Labute approximate surface area is 47.0 Å². The fourth-order valence-electron chi connectivity index (χ4n) is 0.0871. The van der Waals surface area contributed by atoms with Crippen LogP contribution in [0.4, 0.5) is 0 Å². The standard InChI is InChI=1S/C5H8O2/c1-4(2)5(6)7-3/h1H2,2-3H3/i3D3.